The van der Waals surface area contributed by atoms with Crippen molar-refractivity contribution in [2.45, 2.75) is 19.8 Å². The number of rotatable bonds is 2. The van der Waals surface area contributed by atoms with Gasteiger partial charge in [0.2, 0.25) is 5.91 Å². The molecular weight excluding hydrogens is 164 g/mol. The van der Waals surface area contributed by atoms with Crippen LogP contribution in [0.4, 0.5) is 0 Å². The second-order valence-electron chi connectivity index (χ2n) is 3.59. The maximum atomic E-state index is 11.5. The average Bonchev–Trinajstić information content (AvgIpc) is 2.08. The van der Waals surface area contributed by atoms with Gasteiger partial charge < -0.3 is 5.32 Å². The van der Waals surface area contributed by atoms with Gasteiger partial charge in [0.15, 0.2) is 0 Å². The van der Waals surface area contributed by atoms with Crippen LogP contribution in [0.2, 0.25) is 0 Å². The van der Waals surface area contributed by atoms with Crippen molar-refractivity contribution in [3.8, 4) is 18.4 Å². The highest BCUT2D eigenvalue weighted by Gasteiger charge is 2.48. The molecule has 0 radical (unpaired) electrons. The van der Waals surface area contributed by atoms with Crippen molar-refractivity contribution >= 4 is 5.91 Å². The van der Waals surface area contributed by atoms with Crippen molar-refractivity contribution in [1.29, 1.82) is 5.26 Å². The van der Waals surface area contributed by atoms with Gasteiger partial charge in [0.1, 0.15) is 5.41 Å². The first kappa shape index (κ1) is 9.61. The van der Waals surface area contributed by atoms with Crippen LogP contribution < -0.4 is 5.32 Å². The van der Waals surface area contributed by atoms with Crippen molar-refractivity contribution in [3.63, 3.8) is 0 Å². The van der Waals surface area contributed by atoms with Crippen molar-refractivity contribution in [2.24, 2.45) is 11.3 Å². The Labute approximate surface area is 78.1 Å². The molecule has 0 heterocycles. The standard InChI is InChI=1S/C10H12N2O/c1-3-4-12-9(13)10(7-11)5-8(2)6-10/h1,8H,4-6H2,2H3,(H,12,13). The molecule has 1 N–H and O–H groups in total. The highest BCUT2D eigenvalue weighted by molar-refractivity contribution is 5.86. The summed E-state index contributed by atoms with van der Waals surface area (Å²) in [5.41, 5.74) is -0.795. The molecule has 0 aliphatic heterocycles. The SMILES string of the molecule is C#CCNC(=O)C1(C#N)CC(C)C1. The summed E-state index contributed by atoms with van der Waals surface area (Å²) >= 11 is 0. The third-order valence-corrected chi connectivity index (χ3v) is 2.39. The molecule has 0 unspecified atom stereocenters. The Hall–Kier alpha value is -1.48. The van der Waals surface area contributed by atoms with Gasteiger partial charge in [-0.1, -0.05) is 12.8 Å². The van der Waals surface area contributed by atoms with E-state index in [1.807, 2.05) is 6.92 Å². The molecule has 0 aromatic heterocycles. The molecule has 0 bridgehead atoms. The second kappa shape index (κ2) is 3.49. The molecule has 1 saturated carbocycles. The molecule has 1 fully saturated rings. The normalized spacial score (nSPS) is 30.8. The number of carbonyl (C=O) groups excluding carboxylic acids is 1. The maximum absolute atomic E-state index is 11.5. The largest absolute Gasteiger partial charge is 0.344 e. The van der Waals surface area contributed by atoms with Crippen LogP contribution in [0.5, 0.6) is 0 Å². The molecule has 0 saturated heterocycles. The Kier molecular flexibility index (Phi) is 2.58. The van der Waals surface area contributed by atoms with E-state index in [9.17, 15) is 4.79 Å². The summed E-state index contributed by atoms with van der Waals surface area (Å²) in [6, 6.07) is 2.07. The van der Waals surface area contributed by atoms with E-state index >= 15 is 0 Å². The highest BCUT2D eigenvalue weighted by atomic mass is 16.2. The summed E-state index contributed by atoms with van der Waals surface area (Å²) in [5, 5.41) is 11.4. The highest BCUT2D eigenvalue weighted by Crippen LogP contribution is 2.44. The van der Waals surface area contributed by atoms with E-state index < -0.39 is 5.41 Å². The minimum Gasteiger partial charge on any atom is -0.344 e. The molecule has 0 aromatic carbocycles. The smallest absolute Gasteiger partial charge is 0.241 e. The summed E-state index contributed by atoms with van der Waals surface area (Å²) in [7, 11) is 0. The summed E-state index contributed by atoms with van der Waals surface area (Å²) in [4.78, 5) is 11.5. The van der Waals surface area contributed by atoms with Crippen LogP contribution in [-0.4, -0.2) is 12.5 Å². The first-order chi connectivity index (χ1) is 6.14. The van der Waals surface area contributed by atoms with Crippen LogP contribution in [0.15, 0.2) is 0 Å². The number of nitrogens with one attached hydrogen (secondary N) is 1. The lowest BCUT2D eigenvalue weighted by molar-refractivity contribution is -0.133. The fourth-order valence-corrected chi connectivity index (χ4v) is 1.76. The molecule has 0 spiro atoms. The minimum atomic E-state index is -0.795. The number of amides is 1. The quantitative estimate of drug-likeness (QED) is 0.629. The van der Waals surface area contributed by atoms with Crippen LogP contribution in [0.1, 0.15) is 19.8 Å². The zero-order chi connectivity index (χ0) is 9.90. The number of nitrogens with zero attached hydrogens (tertiary/aromatic N) is 1. The fourth-order valence-electron chi connectivity index (χ4n) is 1.76. The molecule has 13 heavy (non-hydrogen) atoms. The number of hydrogen-bond acceptors (Lipinski definition) is 2. The first-order valence-corrected chi connectivity index (χ1v) is 4.27. The Balaban J connectivity index is 2.55. The molecule has 0 aromatic rings. The Bertz CT molecular complexity index is 289. The van der Waals surface area contributed by atoms with Crippen molar-refractivity contribution in [2.75, 3.05) is 6.54 Å². The van der Waals surface area contributed by atoms with Crippen LogP contribution in [0, 0.1) is 35.0 Å². The van der Waals surface area contributed by atoms with Crippen molar-refractivity contribution < 1.29 is 4.79 Å². The number of hydrogen-bond donors (Lipinski definition) is 1. The Morgan fingerprint density at radius 3 is 2.77 bits per heavy atom. The summed E-state index contributed by atoms with van der Waals surface area (Å²) in [5.74, 6) is 2.56. The van der Waals surface area contributed by atoms with E-state index in [1.54, 1.807) is 0 Å². The molecule has 0 atom stereocenters. The lowest BCUT2D eigenvalue weighted by atomic mass is 9.63. The van der Waals surface area contributed by atoms with E-state index in [2.05, 4.69) is 17.3 Å². The van der Waals surface area contributed by atoms with Gasteiger partial charge in [-0.25, -0.2) is 0 Å². The van der Waals surface area contributed by atoms with Gasteiger partial charge in [0.25, 0.3) is 0 Å². The zero-order valence-corrected chi connectivity index (χ0v) is 7.63. The van der Waals surface area contributed by atoms with E-state index in [-0.39, 0.29) is 12.5 Å². The molecule has 1 aliphatic rings. The van der Waals surface area contributed by atoms with Crippen LogP contribution in [0.25, 0.3) is 0 Å². The lowest BCUT2D eigenvalue weighted by Gasteiger charge is -2.38. The molecular formula is C10H12N2O. The lowest BCUT2D eigenvalue weighted by Crippen LogP contribution is -2.48. The van der Waals surface area contributed by atoms with Gasteiger partial charge in [0, 0.05) is 0 Å². The van der Waals surface area contributed by atoms with Crippen LogP contribution in [0.3, 0.4) is 0 Å². The minimum absolute atomic E-state index is 0.205. The zero-order valence-electron chi connectivity index (χ0n) is 7.63. The van der Waals surface area contributed by atoms with E-state index in [4.69, 9.17) is 11.7 Å². The molecule has 3 heteroatoms. The van der Waals surface area contributed by atoms with Gasteiger partial charge >= 0.3 is 0 Å². The summed E-state index contributed by atoms with van der Waals surface area (Å²) < 4.78 is 0. The number of nitriles is 1. The maximum Gasteiger partial charge on any atom is 0.241 e. The predicted octanol–water partition coefficient (Wildman–Crippen LogP) is 0.676. The van der Waals surface area contributed by atoms with E-state index in [0.717, 1.165) is 0 Å². The first-order valence-electron chi connectivity index (χ1n) is 4.27. The second-order valence-corrected chi connectivity index (χ2v) is 3.59. The monoisotopic (exact) mass is 176 g/mol. The number of terminal acetylenes is 1. The van der Waals surface area contributed by atoms with Crippen LogP contribution >= 0.6 is 0 Å². The average molecular weight is 176 g/mol. The third-order valence-electron chi connectivity index (χ3n) is 2.39. The predicted molar refractivity (Wildman–Crippen MR) is 48.3 cm³/mol. The number of carbonyl (C=O) groups is 1. The van der Waals surface area contributed by atoms with Gasteiger partial charge in [-0.05, 0) is 18.8 Å². The summed E-state index contributed by atoms with van der Waals surface area (Å²) in [6.45, 7) is 2.24. The van der Waals surface area contributed by atoms with E-state index in [1.165, 1.54) is 0 Å². The Morgan fingerprint density at radius 1 is 1.77 bits per heavy atom. The summed E-state index contributed by atoms with van der Waals surface area (Å²) in [6.07, 6.45) is 6.31. The molecule has 3 nitrogen and oxygen atoms in total. The molecule has 1 amide bonds. The molecule has 68 valence electrons. The van der Waals surface area contributed by atoms with Crippen LogP contribution in [-0.2, 0) is 4.79 Å². The van der Waals surface area contributed by atoms with Gasteiger partial charge in [0.05, 0.1) is 12.6 Å². The molecule has 1 aliphatic carbocycles. The van der Waals surface area contributed by atoms with Gasteiger partial charge in [-0.15, -0.1) is 6.42 Å². The van der Waals surface area contributed by atoms with Gasteiger partial charge in [-0.2, -0.15) is 5.26 Å². The Morgan fingerprint density at radius 2 is 2.38 bits per heavy atom. The topological polar surface area (TPSA) is 52.9 Å². The molecule has 1 rings (SSSR count). The fraction of sp³-hybridized carbons (Fsp3) is 0.600. The van der Waals surface area contributed by atoms with Gasteiger partial charge in [-0.3, -0.25) is 4.79 Å². The van der Waals surface area contributed by atoms with E-state index in [0.29, 0.717) is 18.8 Å². The van der Waals surface area contributed by atoms with Crippen molar-refractivity contribution in [3.05, 3.63) is 0 Å². The van der Waals surface area contributed by atoms with Crippen molar-refractivity contribution in [1.82, 2.24) is 5.32 Å². The third kappa shape index (κ3) is 1.65.